The third kappa shape index (κ3) is 4.09. The molecule has 0 radical (unpaired) electrons. The topological polar surface area (TPSA) is 79.3 Å². The maximum atomic E-state index is 12.1. The molecule has 0 bridgehead atoms. The molecule has 20 heavy (non-hydrogen) atoms. The van der Waals surface area contributed by atoms with Gasteiger partial charge in [0.25, 0.3) is 5.91 Å². The summed E-state index contributed by atoms with van der Waals surface area (Å²) < 4.78 is 0. The summed E-state index contributed by atoms with van der Waals surface area (Å²) in [6.45, 7) is 0.627. The molecule has 1 aromatic rings. The molecule has 1 unspecified atom stereocenters. The molecule has 0 aliphatic carbocycles. The highest BCUT2D eigenvalue weighted by Crippen LogP contribution is 2.25. The summed E-state index contributed by atoms with van der Waals surface area (Å²) in [6, 6.07) is 3.34. The van der Waals surface area contributed by atoms with E-state index in [2.05, 4.69) is 10.3 Å². The zero-order valence-electron chi connectivity index (χ0n) is 10.9. The number of aromatic nitrogens is 1. The Morgan fingerprint density at radius 2 is 2.40 bits per heavy atom. The van der Waals surface area contributed by atoms with Gasteiger partial charge in [-0.05, 0) is 30.7 Å². The number of nitrogens with zero attached hydrogens (tertiary/aromatic N) is 1. The Hall–Kier alpha value is -1.82. The first-order chi connectivity index (χ1) is 9.66. The van der Waals surface area contributed by atoms with Crippen LogP contribution < -0.4 is 5.32 Å². The average molecular weight is 292 g/mol. The van der Waals surface area contributed by atoms with E-state index in [9.17, 15) is 9.59 Å². The second kappa shape index (κ2) is 7.09. The lowest BCUT2D eigenvalue weighted by Crippen LogP contribution is -2.30. The molecule has 1 aliphatic heterocycles. The predicted molar refractivity (Wildman–Crippen MR) is 78.7 cm³/mol. The Kier molecular flexibility index (Phi) is 5.17. The van der Waals surface area contributed by atoms with Gasteiger partial charge in [0.15, 0.2) is 0 Å². The maximum absolute atomic E-state index is 12.1. The van der Waals surface area contributed by atoms with Crippen molar-refractivity contribution in [2.24, 2.45) is 0 Å². The third-order valence-corrected chi connectivity index (χ3v) is 4.37. The molecule has 2 heterocycles. The highest BCUT2D eigenvalue weighted by atomic mass is 32.2. The van der Waals surface area contributed by atoms with Crippen molar-refractivity contribution >= 4 is 29.7 Å². The Morgan fingerprint density at radius 3 is 3.10 bits per heavy atom. The van der Waals surface area contributed by atoms with Gasteiger partial charge in [0.05, 0.1) is 0 Å². The second-order valence-corrected chi connectivity index (χ2v) is 5.87. The van der Waals surface area contributed by atoms with Crippen molar-refractivity contribution in [1.82, 2.24) is 10.3 Å². The molecular weight excluding hydrogens is 276 g/mol. The van der Waals surface area contributed by atoms with E-state index in [0.717, 1.165) is 18.2 Å². The maximum Gasteiger partial charge on any atom is 0.328 e. The summed E-state index contributed by atoms with van der Waals surface area (Å²) in [5, 5.41) is 12.0. The van der Waals surface area contributed by atoms with Gasteiger partial charge in [-0.2, -0.15) is 11.8 Å². The molecular formula is C14H16N2O3S. The lowest BCUT2D eigenvalue weighted by molar-refractivity contribution is -0.131. The summed E-state index contributed by atoms with van der Waals surface area (Å²) in [7, 11) is 0. The number of amides is 1. The van der Waals surface area contributed by atoms with Crippen LogP contribution >= 0.6 is 11.8 Å². The number of rotatable bonds is 5. The molecule has 2 N–H and O–H groups in total. The molecule has 1 atom stereocenters. The van der Waals surface area contributed by atoms with Gasteiger partial charge in [0, 0.05) is 29.6 Å². The first kappa shape index (κ1) is 14.6. The van der Waals surface area contributed by atoms with Crippen LogP contribution in [0.1, 0.15) is 28.9 Å². The van der Waals surface area contributed by atoms with E-state index in [1.165, 1.54) is 18.7 Å². The van der Waals surface area contributed by atoms with Gasteiger partial charge in [0.1, 0.15) is 5.69 Å². The average Bonchev–Trinajstić information content (AvgIpc) is 2.96. The van der Waals surface area contributed by atoms with Crippen LogP contribution in [-0.4, -0.2) is 39.5 Å². The van der Waals surface area contributed by atoms with Crippen molar-refractivity contribution in [2.75, 3.05) is 12.3 Å². The fourth-order valence-electron chi connectivity index (χ4n) is 2.00. The predicted octanol–water partition coefficient (Wildman–Crippen LogP) is 1.80. The van der Waals surface area contributed by atoms with E-state index < -0.39 is 5.97 Å². The number of carbonyl (C=O) groups excluding carboxylic acids is 1. The van der Waals surface area contributed by atoms with Crippen molar-refractivity contribution in [1.29, 1.82) is 0 Å². The van der Waals surface area contributed by atoms with Crippen LogP contribution in [0.5, 0.6) is 0 Å². The van der Waals surface area contributed by atoms with Crippen LogP contribution in [0.3, 0.4) is 0 Å². The molecule has 106 valence electrons. The summed E-state index contributed by atoms with van der Waals surface area (Å²) in [5.74, 6) is -0.165. The highest BCUT2D eigenvalue weighted by molar-refractivity contribution is 8.00. The summed E-state index contributed by atoms with van der Waals surface area (Å²) in [4.78, 5) is 26.7. The van der Waals surface area contributed by atoms with Gasteiger partial charge in [-0.25, -0.2) is 4.79 Å². The van der Waals surface area contributed by atoms with Crippen LogP contribution in [0.15, 0.2) is 24.4 Å². The van der Waals surface area contributed by atoms with Crippen LogP contribution in [0.25, 0.3) is 6.08 Å². The number of carboxylic acid groups (broad SMARTS) is 1. The molecule has 5 nitrogen and oxygen atoms in total. The monoisotopic (exact) mass is 292 g/mol. The molecule has 1 aliphatic rings. The minimum Gasteiger partial charge on any atom is -0.478 e. The molecule has 1 amide bonds. The van der Waals surface area contributed by atoms with Crippen molar-refractivity contribution in [3.8, 4) is 0 Å². The zero-order valence-corrected chi connectivity index (χ0v) is 11.7. The molecule has 0 aromatic carbocycles. The molecule has 1 aromatic heterocycles. The number of thioether (sulfide) groups is 1. The SMILES string of the molecule is O=C(O)/C=C/c1cccnc1C(=O)NCC1CCCS1. The Bertz CT molecular complexity index is 525. The first-order valence-electron chi connectivity index (χ1n) is 6.42. The standard InChI is InChI=1S/C14H16N2O3S/c17-12(18)6-5-10-3-1-7-15-13(10)14(19)16-9-11-4-2-8-20-11/h1,3,5-7,11H,2,4,8-9H2,(H,16,19)(H,17,18)/b6-5+. The van der Waals surface area contributed by atoms with Gasteiger partial charge < -0.3 is 10.4 Å². The van der Waals surface area contributed by atoms with E-state index in [4.69, 9.17) is 5.11 Å². The van der Waals surface area contributed by atoms with Gasteiger partial charge in [-0.15, -0.1) is 0 Å². The minimum atomic E-state index is -1.05. The van der Waals surface area contributed by atoms with Crippen molar-refractivity contribution < 1.29 is 14.7 Å². The smallest absolute Gasteiger partial charge is 0.328 e. The molecule has 2 rings (SSSR count). The van der Waals surface area contributed by atoms with Crippen molar-refractivity contribution in [2.45, 2.75) is 18.1 Å². The van der Waals surface area contributed by atoms with Gasteiger partial charge >= 0.3 is 5.97 Å². The Morgan fingerprint density at radius 1 is 1.55 bits per heavy atom. The normalized spacial score (nSPS) is 18.3. The summed E-state index contributed by atoms with van der Waals surface area (Å²) in [6.07, 6.45) is 6.23. The zero-order chi connectivity index (χ0) is 14.4. The fourth-order valence-corrected chi connectivity index (χ4v) is 3.20. The van der Waals surface area contributed by atoms with Gasteiger partial charge in [-0.1, -0.05) is 6.07 Å². The number of hydrogen-bond donors (Lipinski definition) is 2. The highest BCUT2D eigenvalue weighted by Gasteiger charge is 2.18. The van der Waals surface area contributed by atoms with E-state index in [1.54, 1.807) is 12.1 Å². The third-order valence-electron chi connectivity index (χ3n) is 2.97. The van der Waals surface area contributed by atoms with E-state index in [0.29, 0.717) is 17.4 Å². The van der Waals surface area contributed by atoms with Crippen LogP contribution in [0.2, 0.25) is 0 Å². The lowest BCUT2D eigenvalue weighted by Gasteiger charge is -2.10. The molecule has 1 fully saturated rings. The second-order valence-electron chi connectivity index (χ2n) is 4.46. The Labute approximate surface area is 121 Å². The van der Waals surface area contributed by atoms with Crippen LogP contribution in [0.4, 0.5) is 0 Å². The van der Waals surface area contributed by atoms with Crippen molar-refractivity contribution in [3.63, 3.8) is 0 Å². The number of carboxylic acids is 1. The van der Waals surface area contributed by atoms with Crippen LogP contribution in [0, 0.1) is 0 Å². The number of aliphatic carboxylic acids is 1. The largest absolute Gasteiger partial charge is 0.478 e. The summed E-state index contributed by atoms with van der Waals surface area (Å²) in [5.41, 5.74) is 0.763. The number of carbonyl (C=O) groups is 2. The van der Waals surface area contributed by atoms with E-state index >= 15 is 0 Å². The molecule has 0 spiro atoms. The fraction of sp³-hybridized carbons (Fsp3) is 0.357. The van der Waals surface area contributed by atoms with E-state index in [1.807, 2.05) is 11.8 Å². The molecule has 1 saturated heterocycles. The van der Waals surface area contributed by atoms with Crippen LogP contribution in [-0.2, 0) is 4.79 Å². The van der Waals surface area contributed by atoms with E-state index in [-0.39, 0.29) is 11.6 Å². The minimum absolute atomic E-state index is 0.257. The molecule has 6 heteroatoms. The lowest BCUT2D eigenvalue weighted by atomic mass is 10.1. The number of pyridine rings is 1. The number of hydrogen-bond acceptors (Lipinski definition) is 4. The Balaban J connectivity index is 2.02. The first-order valence-corrected chi connectivity index (χ1v) is 7.47. The quantitative estimate of drug-likeness (QED) is 0.809. The van der Waals surface area contributed by atoms with Gasteiger partial charge in [0.2, 0.25) is 0 Å². The summed E-state index contributed by atoms with van der Waals surface area (Å²) >= 11 is 1.87. The van der Waals surface area contributed by atoms with Gasteiger partial charge in [-0.3, -0.25) is 9.78 Å². The molecule has 0 saturated carbocycles. The van der Waals surface area contributed by atoms with Crippen molar-refractivity contribution in [3.05, 3.63) is 35.7 Å². The number of nitrogens with one attached hydrogen (secondary N) is 1.